The number of carbonyl (C=O) groups is 1. The Morgan fingerprint density at radius 2 is 1.91 bits per heavy atom. The fourth-order valence-corrected chi connectivity index (χ4v) is 2.59. The number of para-hydroxylation sites is 1. The quantitative estimate of drug-likeness (QED) is 0.736. The normalized spacial score (nSPS) is 11.0. The van der Waals surface area contributed by atoms with Crippen molar-refractivity contribution in [1.29, 1.82) is 0 Å². The average Bonchev–Trinajstić information content (AvgIpc) is 2.49. The van der Waals surface area contributed by atoms with Crippen molar-refractivity contribution < 1.29 is 19.1 Å². The first-order chi connectivity index (χ1) is 10.5. The van der Waals surface area contributed by atoms with E-state index in [-0.39, 0.29) is 32.2 Å². The molecule has 112 valence electrons. The number of ether oxygens (including phenoxy) is 1. The van der Waals surface area contributed by atoms with E-state index in [1.807, 2.05) is 0 Å². The van der Waals surface area contributed by atoms with Crippen molar-refractivity contribution in [2.75, 3.05) is 6.61 Å². The Labute approximate surface area is 133 Å². The lowest BCUT2D eigenvalue weighted by Gasteiger charge is -2.10. The van der Waals surface area contributed by atoms with Gasteiger partial charge >= 0.3 is 5.97 Å². The van der Waals surface area contributed by atoms with E-state index in [0.29, 0.717) is 11.0 Å². The zero-order valence-corrected chi connectivity index (χ0v) is 12.4. The van der Waals surface area contributed by atoms with Crippen LogP contribution in [0.5, 0.6) is 5.75 Å². The van der Waals surface area contributed by atoms with Gasteiger partial charge in [-0.2, -0.15) is 0 Å². The SMILES string of the molecule is O=C(O)COc1cc2oc3ccccc3c(=O)c2c(Cl)c1Cl. The van der Waals surface area contributed by atoms with Crippen LogP contribution in [-0.2, 0) is 4.79 Å². The molecule has 1 N–H and O–H groups in total. The molecule has 2 aromatic carbocycles. The van der Waals surface area contributed by atoms with Gasteiger partial charge in [0, 0.05) is 6.07 Å². The third-order valence-electron chi connectivity index (χ3n) is 3.07. The van der Waals surface area contributed by atoms with Gasteiger partial charge in [0.1, 0.15) is 21.9 Å². The number of hydrogen-bond donors (Lipinski definition) is 1. The smallest absolute Gasteiger partial charge is 0.341 e. The third-order valence-corrected chi connectivity index (χ3v) is 3.92. The van der Waals surface area contributed by atoms with Gasteiger partial charge in [0.2, 0.25) is 5.43 Å². The number of aliphatic carboxylic acids is 1. The van der Waals surface area contributed by atoms with Gasteiger partial charge in [-0.1, -0.05) is 35.3 Å². The summed E-state index contributed by atoms with van der Waals surface area (Å²) in [5, 5.41) is 9.12. The van der Waals surface area contributed by atoms with Gasteiger partial charge in [-0.3, -0.25) is 4.79 Å². The number of halogens is 2. The summed E-state index contributed by atoms with van der Waals surface area (Å²) in [7, 11) is 0. The van der Waals surface area contributed by atoms with E-state index in [1.54, 1.807) is 24.3 Å². The van der Waals surface area contributed by atoms with Crippen molar-refractivity contribution in [2.45, 2.75) is 0 Å². The van der Waals surface area contributed by atoms with Crippen LogP contribution in [0.1, 0.15) is 0 Å². The van der Waals surface area contributed by atoms with Gasteiger partial charge in [-0.25, -0.2) is 4.79 Å². The Morgan fingerprint density at radius 1 is 1.18 bits per heavy atom. The van der Waals surface area contributed by atoms with Crippen LogP contribution in [0.15, 0.2) is 39.5 Å². The van der Waals surface area contributed by atoms with Crippen LogP contribution in [0.25, 0.3) is 21.9 Å². The van der Waals surface area contributed by atoms with Crippen molar-refractivity contribution in [1.82, 2.24) is 0 Å². The fourth-order valence-electron chi connectivity index (χ4n) is 2.11. The standard InChI is InChI=1S/C15H8Cl2O5/c16-13-10(21-6-11(18)19)5-9-12(14(13)17)15(20)7-3-1-2-4-8(7)22-9/h1-5H,6H2,(H,18,19). The summed E-state index contributed by atoms with van der Waals surface area (Å²) in [4.78, 5) is 23.1. The lowest BCUT2D eigenvalue weighted by atomic mass is 10.1. The molecule has 0 saturated heterocycles. The van der Waals surface area contributed by atoms with Crippen LogP contribution >= 0.6 is 23.2 Å². The zero-order chi connectivity index (χ0) is 15.9. The first-order valence-corrected chi connectivity index (χ1v) is 6.93. The van der Waals surface area contributed by atoms with Gasteiger partial charge in [-0.15, -0.1) is 0 Å². The van der Waals surface area contributed by atoms with Crippen LogP contribution < -0.4 is 10.2 Å². The number of carboxylic acid groups (broad SMARTS) is 1. The van der Waals surface area contributed by atoms with Gasteiger partial charge in [0.15, 0.2) is 6.61 Å². The molecule has 3 aromatic rings. The third kappa shape index (κ3) is 2.38. The maximum Gasteiger partial charge on any atom is 0.341 e. The molecule has 0 aliphatic carbocycles. The Kier molecular flexibility index (Phi) is 3.68. The first-order valence-electron chi connectivity index (χ1n) is 6.17. The van der Waals surface area contributed by atoms with Gasteiger partial charge in [0.25, 0.3) is 0 Å². The monoisotopic (exact) mass is 338 g/mol. The van der Waals surface area contributed by atoms with Crippen molar-refractivity contribution >= 4 is 51.1 Å². The van der Waals surface area contributed by atoms with Crippen LogP contribution in [0.4, 0.5) is 0 Å². The molecule has 0 bridgehead atoms. The first kappa shape index (κ1) is 14.7. The van der Waals surface area contributed by atoms with Crippen LogP contribution in [-0.4, -0.2) is 17.7 Å². The minimum Gasteiger partial charge on any atom is -0.480 e. The van der Waals surface area contributed by atoms with Crippen molar-refractivity contribution in [3.8, 4) is 5.75 Å². The van der Waals surface area contributed by atoms with E-state index in [1.165, 1.54) is 6.07 Å². The van der Waals surface area contributed by atoms with Crippen LogP contribution in [0.3, 0.4) is 0 Å². The lowest BCUT2D eigenvalue weighted by Crippen LogP contribution is -2.10. The highest BCUT2D eigenvalue weighted by Crippen LogP contribution is 2.38. The number of hydrogen-bond acceptors (Lipinski definition) is 4. The summed E-state index contributed by atoms with van der Waals surface area (Å²) >= 11 is 12.2. The molecule has 7 heteroatoms. The van der Waals surface area contributed by atoms with Gasteiger partial charge < -0.3 is 14.3 Å². The second-order valence-corrected chi connectivity index (χ2v) is 5.24. The molecular weight excluding hydrogens is 331 g/mol. The van der Waals surface area contributed by atoms with E-state index in [9.17, 15) is 9.59 Å². The maximum atomic E-state index is 12.5. The molecule has 0 spiro atoms. The number of fused-ring (bicyclic) bond motifs is 2. The maximum absolute atomic E-state index is 12.5. The molecule has 0 aliphatic rings. The molecule has 0 amide bonds. The molecule has 1 aromatic heterocycles. The van der Waals surface area contributed by atoms with E-state index in [0.717, 1.165) is 0 Å². The van der Waals surface area contributed by atoms with Gasteiger partial charge in [-0.05, 0) is 12.1 Å². The number of benzene rings is 2. The lowest BCUT2D eigenvalue weighted by molar-refractivity contribution is -0.139. The topological polar surface area (TPSA) is 76.7 Å². The summed E-state index contributed by atoms with van der Waals surface area (Å²) in [5.41, 5.74) is 0.259. The largest absolute Gasteiger partial charge is 0.480 e. The predicted octanol–water partition coefficient (Wildman–Crippen LogP) is 3.72. The molecule has 0 unspecified atom stereocenters. The number of rotatable bonds is 3. The van der Waals surface area contributed by atoms with Crippen LogP contribution in [0.2, 0.25) is 10.0 Å². The average molecular weight is 339 g/mol. The van der Waals surface area contributed by atoms with E-state index in [2.05, 4.69) is 0 Å². The number of carboxylic acids is 1. The Hall–Kier alpha value is -2.24. The predicted molar refractivity (Wildman–Crippen MR) is 83.1 cm³/mol. The summed E-state index contributed by atoms with van der Waals surface area (Å²) < 4.78 is 10.7. The summed E-state index contributed by atoms with van der Waals surface area (Å²) in [6, 6.07) is 8.08. The molecule has 0 aliphatic heterocycles. The fraction of sp³-hybridized carbons (Fsp3) is 0.0667. The molecule has 22 heavy (non-hydrogen) atoms. The molecule has 0 fully saturated rings. The molecule has 3 rings (SSSR count). The van der Waals surface area contributed by atoms with Crippen molar-refractivity contribution in [3.63, 3.8) is 0 Å². The van der Waals surface area contributed by atoms with Crippen LogP contribution in [0, 0.1) is 0 Å². The highest BCUT2D eigenvalue weighted by atomic mass is 35.5. The molecular formula is C15H8Cl2O5. The minimum absolute atomic E-state index is 0.0286. The zero-order valence-electron chi connectivity index (χ0n) is 10.9. The van der Waals surface area contributed by atoms with Crippen molar-refractivity contribution in [3.05, 3.63) is 50.6 Å². The second kappa shape index (κ2) is 5.51. The Bertz CT molecular complexity index is 961. The van der Waals surface area contributed by atoms with E-state index >= 15 is 0 Å². The Balaban J connectivity index is 2.32. The molecule has 0 atom stereocenters. The summed E-state index contributed by atoms with van der Waals surface area (Å²) in [6.45, 7) is -0.584. The minimum atomic E-state index is -1.16. The second-order valence-electron chi connectivity index (χ2n) is 4.49. The summed E-state index contributed by atoms with van der Waals surface area (Å²) in [5.74, 6) is -1.12. The van der Waals surface area contributed by atoms with Gasteiger partial charge in [0.05, 0.1) is 15.8 Å². The highest BCUT2D eigenvalue weighted by Gasteiger charge is 2.18. The molecule has 0 saturated carbocycles. The highest BCUT2D eigenvalue weighted by molar-refractivity contribution is 6.46. The van der Waals surface area contributed by atoms with E-state index < -0.39 is 12.6 Å². The molecule has 5 nitrogen and oxygen atoms in total. The summed E-state index contributed by atoms with van der Waals surface area (Å²) in [6.07, 6.45) is 0. The van der Waals surface area contributed by atoms with E-state index in [4.69, 9.17) is 37.5 Å². The molecule has 0 radical (unpaired) electrons. The van der Waals surface area contributed by atoms with Crippen molar-refractivity contribution in [2.24, 2.45) is 0 Å². The molecule has 1 heterocycles. The Morgan fingerprint density at radius 3 is 2.64 bits per heavy atom.